The summed E-state index contributed by atoms with van der Waals surface area (Å²) < 4.78 is 17.2. The Morgan fingerprint density at radius 1 is 0.426 bits per heavy atom. The molecule has 0 aromatic heterocycles. The van der Waals surface area contributed by atoms with E-state index in [0.717, 1.165) is 83.5 Å². The molecule has 0 radical (unpaired) electrons. The van der Waals surface area contributed by atoms with Gasteiger partial charge in [-0.15, -0.1) is 0 Å². The largest absolute Gasteiger partial charge is 0.462 e. The Morgan fingerprint density at radius 3 is 1.37 bits per heavy atom. The first-order chi connectivity index (χ1) is 26.6. The Balaban J connectivity index is 4.08. The van der Waals surface area contributed by atoms with E-state index in [9.17, 15) is 9.59 Å². The fraction of sp³-hybridized carbons (Fsp3) is 0.755. The number of hydrogen-bond donors (Lipinski definition) is 0. The monoisotopic (exact) mass is 755 g/mol. The minimum absolute atomic E-state index is 0.0728. The van der Waals surface area contributed by atoms with Crippen molar-refractivity contribution in [2.24, 2.45) is 0 Å². The van der Waals surface area contributed by atoms with Crippen molar-refractivity contribution in [1.82, 2.24) is 0 Å². The van der Waals surface area contributed by atoms with Gasteiger partial charge in [-0.3, -0.25) is 9.59 Å². The zero-order valence-electron chi connectivity index (χ0n) is 35.7. The molecule has 5 heteroatoms. The highest BCUT2D eigenvalue weighted by atomic mass is 16.6. The Kier molecular flexibility index (Phi) is 43.0. The van der Waals surface area contributed by atoms with Gasteiger partial charge in [0.05, 0.1) is 6.61 Å². The van der Waals surface area contributed by atoms with Crippen molar-refractivity contribution in [2.75, 3.05) is 19.8 Å². The molecule has 312 valence electrons. The molecular formula is C49H86O5. The number of allylic oxidation sites excluding steroid dienone is 10. The molecule has 0 saturated carbocycles. The van der Waals surface area contributed by atoms with Crippen molar-refractivity contribution in [3.63, 3.8) is 0 Å². The highest BCUT2D eigenvalue weighted by Crippen LogP contribution is 2.13. The lowest BCUT2D eigenvalue weighted by Crippen LogP contribution is -2.30. The highest BCUT2D eigenvalue weighted by molar-refractivity contribution is 5.70. The van der Waals surface area contributed by atoms with Crippen molar-refractivity contribution in [1.29, 1.82) is 0 Å². The standard InChI is InChI=1S/C49H86O5/c1-4-7-10-13-15-17-19-21-23-24-25-27-29-31-33-35-38-41-44-52-45-47(54-49(51)43-40-36-12-9-6-3)46-53-48(50)42-39-37-34-32-30-28-26-22-20-18-16-14-11-8-5-2/h8,11,15-18,21-23,26,47H,4-7,9-10,12-14,19-20,24-25,27-46H2,1-3H3/b11-8-,17-15-,18-16-,23-21-,26-22-. The second-order valence-corrected chi connectivity index (χ2v) is 14.9. The molecule has 0 fully saturated rings. The smallest absolute Gasteiger partial charge is 0.306 e. The van der Waals surface area contributed by atoms with Gasteiger partial charge in [0.25, 0.3) is 0 Å². The summed E-state index contributed by atoms with van der Waals surface area (Å²) in [6.07, 6.45) is 55.3. The number of esters is 2. The van der Waals surface area contributed by atoms with Crippen LogP contribution in [-0.4, -0.2) is 37.9 Å². The van der Waals surface area contributed by atoms with E-state index in [0.29, 0.717) is 19.4 Å². The van der Waals surface area contributed by atoms with Crippen LogP contribution in [0.1, 0.15) is 213 Å². The van der Waals surface area contributed by atoms with E-state index in [1.807, 2.05) is 0 Å². The third-order valence-electron chi connectivity index (χ3n) is 9.54. The summed E-state index contributed by atoms with van der Waals surface area (Å²) in [5, 5.41) is 0. The molecule has 0 spiro atoms. The van der Waals surface area contributed by atoms with Gasteiger partial charge >= 0.3 is 11.9 Å². The second-order valence-electron chi connectivity index (χ2n) is 14.9. The fourth-order valence-corrected chi connectivity index (χ4v) is 6.14. The number of carbonyl (C=O) groups excluding carboxylic acids is 2. The van der Waals surface area contributed by atoms with Crippen LogP contribution in [-0.2, 0) is 23.8 Å². The van der Waals surface area contributed by atoms with Crippen LogP contribution in [0, 0.1) is 0 Å². The summed E-state index contributed by atoms with van der Waals surface area (Å²) in [7, 11) is 0. The highest BCUT2D eigenvalue weighted by Gasteiger charge is 2.17. The lowest BCUT2D eigenvalue weighted by atomic mass is 10.1. The van der Waals surface area contributed by atoms with Crippen LogP contribution in [0.3, 0.4) is 0 Å². The van der Waals surface area contributed by atoms with Gasteiger partial charge in [-0.25, -0.2) is 0 Å². The third kappa shape index (κ3) is 42.3. The van der Waals surface area contributed by atoms with Crippen LogP contribution >= 0.6 is 0 Å². The minimum Gasteiger partial charge on any atom is -0.462 e. The van der Waals surface area contributed by atoms with Gasteiger partial charge in [-0.2, -0.15) is 0 Å². The fourth-order valence-electron chi connectivity index (χ4n) is 6.14. The molecule has 0 aliphatic rings. The molecule has 0 aliphatic carbocycles. The average Bonchev–Trinajstić information content (AvgIpc) is 3.17. The van der Waals surface area contributed by atoms with Crippen LogP contribution < -0.4 is 0 Å². The van der Waals surface area contributed by atoms with Crippen molar-refractivity contribution >= 4 is 11.9 Å². The molecule has 0 amide bonds. The maximum absolute atomic E-state index is 12.5. The topological polar surface area (TPSA) is 61.8 Å². The van der Waals surface area contributed by atoms with Crippen LogP contribution in [0.4, 0.5) is 0 Å². The van der Waals surface area contributed by atoms with E-state index in [1.165, 1.54) is 96.3 Å². The zero-order valence-corrected chi connectivity index (χ0v) is 35.7. The lowest BCUT2D eigenvalue weighted by molar-refractivity contribution is -0.163. The zero-order chi connectivity index (χ0) is 39.3. The van der Waals surface area contributed by atoms with Gasteiger partial charge in [-0.05, 0) is 83.5 Å². The number of carbonyl (C=O) groups is 2. The van der Waals surface area contributed by atoms with E-state index < -0.39 is 6.10 Å². The minimum atomic E-state index is -0.541. The van der Waals surface area contributed by atoms with Crippen molar-refractivity contribution in [3.05, 3.63) is 60.8 Å². The molecule has 0 saturated heterocycles. The Bertz CT molecular complexity index is 946. The average molecular weight is 755 g/mol. The van der Waals surface area contributed by atoms with Gasteiger partial charge in [0.1, 0.15) is 6.61 Å². The molecule has 0 heterocycles. The molecule has 0 aromatic carbocycles. The summed E-state index contributed by atoms with van der Waals surface area (Å²) in [6, 6.07) is 0. The number of unbranched alkanes of at least 4 members (excludes halogenated alkanes) is 20. The van der Waals surface area contributed by atoms with Gasteiger partial charge in [0.15, 0.2) is 6.10 Å². The predicted molar refractivity (Wildman–Crippen MR) is 233 cm³/mol. The molecule has 0 rings (SSSR count). The van der Waals surface area contributed by atoms with Crippen LogP contribution in [0.5, 0.6) is 0 Å². The lowest BCUT2D eigenvalue weighted by Gasteiger charge is -2.18. The molecule has 5 nitrogen and oxygen atoms in total. The van der Waals surface area contributed by atoms with Gasteiger partial charge in [-0.1, -0.05) is 178 Å². The summed E-state index contributed by atoms with van der Waals surface area (Å²) in [5.41, 5.74) is 0. The maximum Gasteiger partial charge on any atom is 0.306 e. The molecule has 0 bridgehead atoms. The number of rotatable bonds is 41. The van der Waals surface area contributed by atoms with Crippen molar-refractivity contribution in [3.8, 4) is 0 Å². The Morgan fingerprint density at radius 2 is 0.833 bits per heavy atom. The summed E-state index contributed by atoms with van der Waals surface area (Å²) >= 11 is 0. The first-order valence-corrected chi connectivity index (χ1v) is 22.8. The number of hydrogen-bond acceptors (Lipinski definition) is 5. The van der Waals surface area contributed by atoms with Crippen LogP contribution in [0.2, 0.25) is 0 Å². The third-order valence-corrected chi connectivity index (χ3v) is 9.54. The molecule has 54 heavy (non-hydrogen) atoms. The van der Waals surface area contributed by atoms with Crippen LogP contribution in [0.15, 0.2) is 60.8 Å². The molecule has 0 aliphatic heterocycles. The van der Waals surface area contributed by atoms with Crippen molar-refractivity contribution < 1.29 is 23.8 Å². The molecule has 0 aromatic rings. The molecule has 1 unspecified atom stereocenters. The van der Waals surface area contributed by atoms with Gasteiger partial charge in [0, 0.05) is 19.4 Å². The first kappa shape index (κ1) is 51.6. The Labute approximate surface area is 334 Å². The summed E-state index contributed by atoms with van der Waals surface area (Å²) in [6.45, 7) is 7.59. The second kappa shape index (κ2) is 45.0. The van der Waals surface area contributed by atoms with Crippen LogP contribution in [0.25, 0.3) is 0 Å². The summed E-state index contributed by atoms with van der Waals surface area (Å²) in [4.78, 5) is 25.0. The summed E-state index contributed by atoms with van der Waals surface area (Å²) in [5.74, 6) is -0.433. The van der Waals surface area contributed by atoms with E-state index in [4.69, 9.17) is 14.2 Å². The molecular weight excluding hydrogens is 669 g/mol. The maximum atomic E-state index is 12.5. The SMILES string of the molecule is CC/C=C\C/C=C\C/C=C\CCCCCCCC(=O)OCC(COCCCCCCCCCC/C=C\C/C=C\CCCCC)OC(=O)CCCCCCC. The van der Waals surface area contributed by atoms with Gasteiger partial charge < -0.3 is 14.2 Å². The van der Waals surface area contributed by atoms with E-state index in [-0.39, 0.29) is 25.2 Å². The quantitative estimate of drug-likeness (QED) is 0.0353. The number of ether oxygens (including phenoxy) is 3. The van der Waals surface area contributed by atoms with Crippen molar-refractivity contribution in [2.45, 2.75) is 219 Å². The first-order valence-electron chi connectivity index (χ1n) is 22.8. The Hall–Kier alpha value is -2.40. The van der Waals surface area contributed by atoms with E-state index >= 15 is 0 Å². The van der Waals surface area contributed by atoms with Gasteiger partial charge in [0.2, 0.25) is 0 Å². The van der Waals surface area contributed by atoms with E-state index in [2.05, 4.69) is 81.5 Å². The van der Waals surface area contributed by atoms with E-state index in [1.54, 1.807) is 0 Å². The molecule has 1 atom stereocenters. The predicted octanol–water partition coefficient (Wildman–Crippen LogP) is 15.0. The normalized spacial score (nSPS) is 12.7. The molecule has 0 N–H and O–H groups in total.